The van der Waals surface area contributed by atoms with Crippen LogP contribution in [0.15, 0.2) is 91.0 Å². The van der Waals surface area contributed by atoms with E-state index in [4.69, 9.17) is 0 Å². The van der Waals surface area contributed by atoms with Crippen molar-refractivity contribution in [3.63, 3.8) is 0 Å². The highest BCUT2D eigenvalue weighted by molar-refractivity contribution is 7.87. The minimum atomic E-state index is -3.61. The number of nitrogens with zero attached hydrogens (tertiary/aromatic N) is 1. The SMILES string of the molecule is O=S(=O)(N[C@@H](c1ccccc1)[C@@H](NCCCc1ccccc1)c1ccccc1)N1CCCCC1. The third kappa shape index (κ3) is 6.76. The topological polar surface area (TPSA) is 61.4 Å². The van der Waals surface area contributed by atoms with Crippen LogP contribution in [0.25, 0.3) is 0 Å². The molecule has 2 atom stereocenters. The number of piperidine rings is 1. The molecule has 3 aromatic rings. The maximum Gasteiger partial charge on any atom is 0.280 e. The molecule has 1 heterocycles. The molecule has 0 unspecified atom stereocenters. The summed E-state index contributed by atoms with van der Waals surface area (Å²) in [5.74, 6) is 0. The summed E-state index contributed by atoms with van der Waals surface area (Å²) in [6.45, 7) is 1.94. The van der Waals surface area contributed by atoms with Crippen molar-refractivity contribution in [2.45, 2.75) is 44.2 Å². The van der Waals surface area contributed by atoms with Crippen molar-refractivity contribution in [2.24, 2.45) is 0 Å². The van der Waals surface area contributed by atoms with Gasteiger partial charge in [-0.15, -0.1) is 0 Å². The fourth-order valence-electron chi connectivity index (χ4n) is 4.61. The van der Waals surface area contributed by atoms with Gasteiger partial charge >= 0.3 is 0 Å². The van der Waals surface area contributed by atoms with Gasteiger partial charge in [0.1, 0.15) is 0 Å². The van der Waals surface area contributed by atoms with E-state index in [1.165, 1.54) is 5.56 Å². The van der Waals surface area contributed by atoms with E-state index in [1.54, 1.807) is 4.31 Å². The molecular formula is C28H35N3O2S. The van der Waals surface area contributed by atoms with Crippen LogP contribution >= 0.6 is 0 Å². The molecule has 1 aliphatic heterocycles. The molecule has 3 aromatic carbocycles. The first kappa shape index (κ1) is 24.6. The standard InChI is InChI=1S/C28H35N3O2S/c32-34(33,31-22-11-4-12-23-31)30-28(26-19-9-3-10-20-26)27(25-17-7-2-8-18-25)29-21-13-16-24-14-5-1-6-15-24/h1-3,5-10,14-15,17-20,27-30H,4,11-13,16,21-23H2/t27-,28-/m0/s1. The van der Waals surface area contributed by atoms with Gasteiger partial charge in [-0.3, -0.25) is 0 Å². The van der Waals surface area contributed by atoms with Gasteiger partial charge in [-0.25, -0.2) is 0 Å². The largest absolute Gasteiger partial charge is 0.308 e. The summed E-state index contributed by atoms with van der Waals surface area (Å²) in [5.41, 5.74) is 3.33. The number of nitrogens with one attached hydrogen (secondary N) is 2. The predicted octanol–water partition coefficient (Wildman–Crippen LogP) is 5.01. The molecule has 6 heteroatoms. The Morgan fingerprint density at radius 1 is 0.706 bits per heavy atom. The Bertz CT molecular complexity index is 1090. The van der Waals surface area contributed by atoms with E-state index in [9.17, 15) is 8.42 Å². The van der Waals surface area contributed by atoms with Crippen molar-refractivity contribution in [3.8, 4) is 0 Å². The fourth-order valence-corrected chi connectivity index (χ4v) is 6.09. The van der Waals surface area contributed by atoms with Crippen LogP contribution < -0.4 is 10.0 Å². The second kappa shape index (κ2) is 12.3. The lowest BCUT2D eigenvalue weighted by Crippen LogP contribution is -2.47. The van der Waals surface area contributed by atoms with Crippen LogP contribution in [0.3, 0.4) is 0 Å². The Hall–Kier alpha value is -2.51. The highest BCUT2D eigenvalue weighted by Crippen LogP contribution is 2.30. The molecule has 0 aliphatic carbocycles. The maximum atomic E-state index is 13.4. The lowest BCUT2D eigenvalue weighted by atomic mass is 9.94. The van der Waals surface area contributed by atoms with Crippen LogP contribution in [0.1, 0.15) is 54.5 Å². The smallest absolute Gasteiger partial charge is 0.280 e. The first-order valence-electron chi connectivity index (χ1n) is 12.3. The molecule has 34 heavy (non-hydrogen) atoms. The summed E-state index contributed by atoms with van der Waals surface area (Å²) in [5, 5.41) is 3.68. The number of hydrogen-bond donors (Lipinski definition) is 2. The highest BCUT2D eigenvalue weighted by atomic mass is 32.2. The van der Waals surface area contributed by atoms with Crippen molar-refractivity contribution < 1.29 is 8.42 Å². The van der Waals surface area contributed by atoms with Gasteiger partial charge in [0, 0.05) is 13.1 Å². The van der Waals surface area contributed by atoms with E-state index in [2.05, 4.69) is 46.4 Å². The molecule has 0 radical (unpaired) electrons. The molecule has 0 spiro atoms. The Balaban J connectivity index is 1.57. The molecule has 180 valence electrons. The summed E-state index contributed by atoms with van der Waals surface area (Å²) in [4.78, 5) is 0. The molecule has 0 aromatic heterocycles. The Morgan fingerprint density at radius 3 is 1.82 bits per heavy atom. The zero-order chi connectivity index (χ0) is 23.6. The predicted molar refractivity (Wildman–Crippen MR) is 139 cm³/mol. The molecule has 5 nitrogen and oxygen atoms in total. The van der Waals surface area contributed by atoms with Gasteiger partial charge in [-0.1, -0.05) is 97.4 Å². The third-order valence-electron chi connectivity index (χ3n) is 6.43. The summed E-state index contributed by atoms with van der Waals surface area (Å²) in [6, 6.07) is 29.9. The fraction of sp³-hybridized carbons (Fsp3) is 0.357. The summed E-state index contributed by atoms with van der Waals surface area (Å²) in [6.07, 6.45) is 4.86. The van der Waals surface area contributed by atoms with E-state index in [-0.39, 0.29) is 6.04 Å². The maximum absolute atomic E-state index is 13.4. The van der Waals surface area contributed by atoms with E-state index in [0.29, 0.717) is 13.1 Å². The zero-order valence-electron chi connectivity index (χ0n) is 19.6. The van der Waals surface area contributed by atoms with E-state index >= 15 is 0 Å². The van der Waals surface area contributed by atoms with Crippen LogP contribution in [0, 0.1) is 0 Å². The quantitative estimate of drug-likeness (QED) is 0.382. The summed E-state index contributed by atoms with van der Waals surface area (Å²) < 4.78 is 31.5. The monoisotopic (exact) mass is 477 g/mol. The zero-order valence-corrected chi connectivity index (χ0v) is 20.5. The number of benzene rings is 3. The van der Waals surface area contributed by atoms with Crippen LogP contribution in [-0.4, -0.2) is 32.4 Å². The van der Waals surface area contributed by atoms with Crippen LogP contribution in [0.4, 0.5) is 0 Å². The van der Waals surface area contributed by atoms with Gasteiger partial charge in [0.25, 0.3) is 10.2 Å². The van der Waals surface area contributed by atoms with Crippen molar-refractivity contribution in [1.82, 2.24) is 14.3 Å². The van der Waals surface area contributed by atoms with Crippen molar-refractivity contribution >= 4 is 10.2 Å². The Morgan fingerprint density at radius 2 is 1.24 bits per heavy atom. The first-order chi connectivity index (χ1) is 16.6. The third-order valence-corrected chi connectivity index (χ3v) is 8.03. The molecule has 1 saturated heterocycles. The molecule has 0 amide bonds. The van der Waals surface area contributed by atoms with Crippen molar-refractivity contribution in [3.05, 3.63) is 108 Å². The van der Waals surface area contributed by atoms with Gasteiger partial charge < -0.3 is 5.32 Å². The van der Waals surface area contributed by atoms with Crippen molar-refractivity contribution in [2.75, 3.05) is 19.6 Å². The van der Waals surface area contributed by atoms with Gasteiger partial charge in [0.05, 0.1) is 12.1 Å². The summed E-state index contributed by atoms with van der Waals surface area (Å²) in [7, 11) is -3.61. The Kier molecular flexibility index (Phi) is 8.88. The van der Waals surface area contributed by atoms with Crippen LogP contribution in [0.5, 0.6) is 0 Å². The molecule has 2 N–H and O–H groups in total. The average Bonchev–Trinajstić information content (AvgIpc) is 2.90. The molecule has 1 fully saturated rings. The molecule has 1 aliphatic rings. The lowest BCUT2D eigenvalue weighted by molar-refractivity contribution is 0.331. The van der Waals surface area contributed by atoms with Gasteiger partial charge in [0.15, 0.2) is 0 Å². The van der Waals surface area contributed by atoms with Crippen LogP contribution in [-0.2, 0) is 16.6 Å². The van der Waals surface area contributed by atoms with E-state index in [0.717, 1.165) is 49.8 Å². The normalized spacial score (nSPS) is 16.7. The minimum Gasteiger partial charge on any atom is -0.308 e. The second-order valence-electron chi connectivity index (χ2n) is 8.90. The van der Waals surface area contributed by atoms with E-state index < -0.39 is 16.3 Å². The number of aryl methyl sites for hydroxylation is 1. The average molecular weight is 478 g/mol. The van der Waals surface area contributed by atoms with Crippen LogP contribution in [0.2, 0.25) is 0 Å². The van der Waals surface area contributed by atoms with E-state index in [1.807, 2.05) is 54.6 Å². The first-order valence-corrected chi connectivity index (χ1v) is 13.7. The Labute approximate surface area is 204 Å². The highest BCUT2D eigenvalue weighted by Gasteiger charge is 2.32. The molecule has 0 bridgehead atoms. The number of hydrogen-bond acceptors (Lipinski definition) is 3. The minimum absolute atomic E-state index is 0.195. The molecular weight excluding hydrogens is 442 g/mol. The van der Waals surface area contributed by atoms with Crippen molar-refractivity contribution in [1.29, 1.82) is 0 Å². The number of rotatable bonds is 11. The summed E-state index contributed by atoms with van der Waals surface area (Å²) >= 11 is 0. The van der Waals surface area contributed by atoms with Gasteiger partial charge in [-0.2, -0.15) is 17.4 Å². The lowest BCUT2D eigenvalue weighted by Gasteiger charge is -2.33. The molecule has 4 rings (SSSR count). The molecule has 0 saturated carbocycles. The van der Waals surface area contributed by atoms with Gasteiger partial charge in [0.2, 0.25) is 0 Å². The second-order valence-corrected chi connectivity index (χ2v) is 10.6. The van der Waals surface area contributed by atoms with Gasteiger partial charge in [-0.05, 0) is 48.9 Å².